The van der Waals surface area contributed by atoms with Crippen LogP contribution in [0.25, 0.3) is 10.9 Å². The summed E-state index contributed by atoms with van der Waals surface area (Å²) >= 11 is 0. The molecule has 4 heterocycles. The van der Waals surface area contributed by atoms with Gasteiger partial charge in [-0.15, -0.1) is 0 Å². The summed E-state index contributed by atoms with van der Waals surface area (Å²) in [6, 6.07) is 27.0. The van der Waals surface area contributed by atoms with Crippen LogP contribution in [-0.2, 0) is 32.6 Å². The second kappa shape index (κ2) is 15.9. The van der Waals surface area contributed by atoms with Crippen LogP contribution in [0, 0.1) is 0 Å². The van der Waals surface area contributed by atoms with Gasteiger partial charge in [-0.2, -0.15) is 0 Å². The van der Waals surface area contributed by atoms with Crippen molar-refractivity contribution >= 4 is 10.9 Å². The number of aromatic nitrogens is 3. The maximum Gasteiger partial charge on any atom is 0.119 e. The quantitative estimate of drug-likeness (QED) is 0.120. The van der Waals surface area contributed by atoms with Crippen molar-refractivity contribution in [3.05, 3.63) is 125 Å². The van der Waals surface area contributed by atoms with Crippen LogP contribution in [0.2, 0.25) is 0 Å². The maximum atomic E-state index is 9.96. The largest absolute Gasteiger partial charge is 0.497 e. The summed E-state index contributed by atoms with van der Waals surface area (Å²) in [4.78, 5) is 17.5. The average Bonchev–Trinajstić information content (AvgIpc) is 3.47. The van der Waals surface area contributed by atoms with E-state index in [1.807, 2.05) is 48.7 Å². The number of fused-ring (bicyclic) bond motifs is 3. The van der Waals surface area contributed by atoms with Gasteiger partial charge >= 0.3 is 0 Å². The number of H-pyrrole nitrogens is 1. The minimum absolute atomic E-state index is 0.0114. The Labute approximate surface area is 271 Å². The fraction of sp³-hybridized carbons (Fsp3) is 0.351. The zero-order chi connectivity index (χ0) is 31.6. The van der Waals surface area contributed by atoms with Gasteiger partial charge in [0, 0.05) is 87.9 Å². The van der Waals surface area contributed by atoms with Crippen molar-refractivity contribution in [2.45, 2.75) is 38.6 Å². The van der Waals surface area contributed by atoms with Gasteiger partial charge in [-0.3, -0.25) is 19.8 Å². The summed E-state index contributed by atoms with van der Waals surface area (Å²) in [6.07, 6.45) is 4.64. The molecule has 6 rings (SSSR count). The van der Waals surface area contributed by atoms with E-state index in [-0.39, 0.29) is 12.6 Å². The molecule has 0 bridgehead atoms. The highest BCUT2D eigenvalue weighted by Crippen LogP contribution is 2.30. The normalized spacial score (nSPS) is 14.1. The van der Waals surface area contributed by atoms with Gasteiger partial charge in [0.25, 0.3) is 0 Å². The average molecular weight is 620 g/mol. The summed E-state index contributed by atoms with van der Waals surface area (Å²) in [7, 11) is 1.72. The summed E-state index contributed by atoms with van der Waals surface area (Å²) < 4.78 is 5.46. The van der Waals surface area contributed by atoms with Gasteiger partial charge in [-0.25, -0.2) is 0 Å². The summed E-state index contributed by atoms with van der Waals surface area (Å²) in [5.41, 5.74) is 8.46. The first-order valence-corrected chi connectivity index (χ1v) is 16.2. The molecule has 4 N–H and O–H groups in total. The smallest absolute Gasteiger partial charge is 0.119 e. The Kier molecular flexibility index (Phi) is 11.0. The molecule has 0 spiro atoms. The SMILES string of the molecule is COc1ccc2[nH]c3c(c2c1)CCN(Cc1ccc(CN(CCNCc2ccccn2)CCNC(CO)c2ccccn2)cc1)C3. The van der Waals surface area contributed by atoms with E-state index < -0.39 is 0 Å². The third-order valence-corrected chi connectivity index (χ3v) is 8.78. The molecule has 0 aliphatic carbocycles. The number of hydrogen-bond donors (Lipinski definition) is 4. The lowest BCUT2D eigenvalue weighted by atomic mass is 10.0. The predicted molar refractivity (Wildman–Crippen MR) is 182 cm³/mol. The molecular weight excluding hydrogens is 574 g/mol. The van der Waals surface area contributed by atoms with Gasteiger partial charge in [-0.05, 0) is 65.6 Å². The Morgan fingerprint density at radius 2 is 1.76 bits per heavy atom. The number of benzene rings is 2. The fourth-order valence-corrected chi connectivity index (χ4v) is 6.27. The van der Waals surface area contributed by atoms with Gasteiger partial charge in [0.05, 0.1) is 31.1 Å². The van der Waals surface area contributed by atoms with Crippen molar-refractivity contribution < 1.29 is 9.84 Å². The van der Waals surface area contributed by atoms with Crippen LogP contribution in [0.15, 0.2) is 91.3 Å². The molecule has 0 saturated heterocycles. The van der Waals surface area contributed by atoms with Crippen molar-refractivity contribution in [3.63, 3.8) is 0 Å². The van der Waals surface area contributed by atoms with Crippen molar-refractivity contribution in [1.29, 1.82) is 0 Å². The first-order chi connectivity index (χ1) is 22.7. The zero-order valence-corrected chi connectivity index (χ0v) is 26.7. The molecule has 3 aromatic heterocycles. The molecule has 0 radical (unpaired) electrons. The number of aliphatic hydroxyl groups is 1. The number of aliphatic hydroxyl groups excluding tert-OH is 1. The third kappa shape index (κ3) is 8.37. The highest BCUT2D eigenvalue weighted by molar-refractivity contribution is 5.86. The molecule has 0 fully saturated rings. The third-order valence-electron chi connectivity index (χ3n) is 8.78. The van der Waals surface area contributed by atoms with E-state index in [9.17, 15) is 5.11 Å². The van der Waals surface area contributed by atoms with E-state index in [2.05, 4.69) is 71.8 Å². The lowest BCUT2D eigenvalue weighted by molar-refractivity contribution is 0.223. The number of aromatic amines is 1. The molecule has 2 aromatic carbocycles. The zero-order valence-electron chi connectivity index (χ0n) is 26.7. The highest BCUT2D eigenvalue weighted by atomic mass is 16.5. The Morgan fingerprint density at radius 1 is 0.957 bits per heavy atom. The second-order valence-electron chi connectivity index (χ2n) is 12.0. The van der Waals surface area contributed by atoms with Gasteiger partial charge in [-0.1, -0.05) is 36.4 Å². The summed E-state index contributed by atoms with van der Waals surface area (Å²) in [5.74, 6) is 0.909. The molecule has 5 aromatic rings. The maximum absolute atomic E-state index is 9.96. The number of ether oxygens (including phenoxy) is 1. The van der Waals surface area contributed by atoms with Gasteiger partial charge in [0.1, 0.15) is 5.75 Å². The van der Waals surface area contributed by atoms with E-state index in [0.717, 1.165) is 82.5 Å². The van der Waals surface area contributed by atoms with E-state index in [4.69, 9.17) is 4.74 Å². The van der Waals surface area contributed by atoms with Gasteiger partial charge in [0.2, 0.25) is 0 Å². The molecule has 1 unspecified atom stereocenters. The Balaban J connectivity index is 1.04. The van der Waals surface area contributed by atoms with Crippen molar-refractivity contribution in [2.75, 3.05) is 46.4 Å². The van der Waals surface area contributed by atoms with Crippen LogP contribution < -0.4 is 15.4 Å². The molecule has 240 valence electrons. The Bertz CT molecular complexity index is 1640. The van der Waals surface area contributed by atoms with Crippen LogP contribution in [-0.4, -0.2) is 76.3 Å². The lowest BCUT2D eigenvalue weighted by Gasteiger charge is -2.27. The fourth-order valence-electron chi connectivity index (χ4n) is 6.27. The van der Waals surface area contributed by atoms with Crippen molar-refractivity contribution in [3.8, 4) is 5.75 Å². The molecule has 1 aliphatic heterocycles. The monoisotopic (exact) mass is 619 g/mol. The minimum Gasteiger partial charge on any atom is -0.497 e. The minimum atomic E-state index is -0.178. The van der Waals surface area contributed by atoms with Crippen LogP contribution >= 0.6 is 0 Å². The molecular formula is C37H45N7O2. The standard InChI is InChI=1S/C37H45N7O2/c1-46-31-12-13-34-33(22-31)32-14-19-44(26-36(32)42-34)25-29-10-8-28(9-11-29)24-43(20-17-38-23-30-6-2-4-15-39-30)21-18-41-37(27-45)35-7-3-5-16-40-35/h2-13,15-16,22,37-38,41-42,45H,14,17-21,23-27H2,1H3. The summed E-state index contributed by atoms with van der Waals surface area (Å²) in [6.45, 7) is 7.86. The molecule has 46 heavy (non-hydrogen) atoms. The Morgan fingerprint density at radius 3 is 2.52 bits per heavy atom. The van der Waals surface area contributed by atoms with E-state index in [0.29, 0.717) is 0 Å². The molecule has 0 saturated carbocycles. The highest BCUT2D eigenvalue weighted by Gasteiger charge is 2.21. The van der Waals surface area contributed by atoms with E-state index >= 15 is 0 Å². The van der Waals surface area contributed by atoms with Crippen LogP contribution in [0.1, 0.15) is 39.8 Å². The molecule has 1 atom stereocenters. The first kappa shape index (κ1) is 31.8. The number of methoxy groups -OCH3 is 1. The molecule has 1 aliphatic rings. The number of rotatable bonds is 16. The predicted octanol–water partition coefficient (Wildman–Crippen LogP) is 4.44. The van der Waals surface area contributed by atoms with E-state index in [1.165, 1.54) is 33.3 Å². The topological polar surface area (TPSA) is 102 Å². The van der Waals surface area contributed by atoms with Crippen molar-refractivity contribution in [2.24, 2.45) is 0 Å². The lowest BCUT2D eigenvalue weighted by Crippen LogP contribution is -2.38. The molecule has 9 heteroatoms. The van der Waals surface area contributed by atoms with Crippen LogP contribution in [0.4, 0.5) is 0 Å². The number of nitrogens with one attached hydrogen (secondary N) is 3. The van der Waals surface area contributed by atoms with Crippen molar-refractivity contribution in [1.82, 2.24) is 35.4 Å². The number of nitrogens with zero attached hydrogens (tertiary/aromatic N) is 4. The first-order valence-electron chi connectivity index (χ1n) is 16.2. The molecule has 0 amide bonds. The van der Waals surface area contributed by atoms with E-state index in [1.54, 1.807) is 13.3 Å². The van der Waals surface area contributed by atoms with Crippen LogP contribution in [0.5, 0.6) is 5.75 Å². The molecule has 9 nitrogen and oxygen atoms in total. The second-order valence-corrected chi connectivity index (χ2v) is 12.0. The van der Waals surface area contributed by atoms with Gasteiger partial charge < -0.3 is 25.5 Å². The van der Waals surface area contributed by atoms with Crippen LogP contribution in [0.3, 0.4) is 0 Å². The number of pyridine rings is 2. The summed E-state index contributed by atoms with van der Waals surface area (Å²) in [5, 5.41) is 18.3. The number of hydrogen-bond acceptors (Lipinski definition) is 8. The van der Waals surface area contributed by atoms with Gasteiger partial charge in [0.15, 0.2) is 0 Å². The Hall–Kier alpha value is -4.12.